The summed E-state index contributed by atoms with van der Waals surface area (Å²) in [5.74, 6) is -0.271. The molecule has 1 rings (SSSR count). The van der Waals surface area contributed by atoms with Crippen molar-refractivity contribution < 1.29 is 8.42 Å². The van der Waals surface area contributed by atoms with Gasteiger partial charge in [0.1, 0.15) is 11.4 Å². The van der Waals surface area contributed by atoms with Crippen molar-refractivity contribution in [1.82, 2.24) is 15.0 Å². The molecule has 0 saturated carbocycles. The molecule has 0 spiro atoms. The molecule has 0 aliphatic heterocycles. The zero-order chi connectivity index (χ0) is 10.9. The number of aromatic nitrogens is 3. The highest BCUT2D eigenvalue weighted by Crippen LogP contribution is 2.14. The van der Waals surface area contributed by atoms with E-state index in [2.05, 4.69) is 10.3 Å². The van der Waals surface area contributed by atoms with Gasteiger partial charge in [-0.05, 0) is 20.8 Å². The van der Waals surface area contributed by atoms with E-state index < -0.39 is 9.05 Å². The Balaban J connectivity index is 3.02. The Morgan fingerprint density at radius 3 is 2.43 bits per heavy atom. The van der Waals surface area contributed by atoms with E-state index in [0.717, 1.165) is 5.69 Å². The molecule has 5 nitrogen and oxygen atoms in total. The highest BCUT2D eigenvalue weighted by molar-refractivity contribution is 8.13. The molecular weight excluding hydrogens is 226 g/mol. The average Bonchev–Trinajstić information content (AvgIpc) is 2.29. The third kappa shape index (κ3) is 2.68. The van der Waals surface area contributed by atoms with E-state index in [1.165, 1.54) is 0 Å². The van der Waals surface area contributed by atoms with Crippen LogP contribution in [0.25, 0.3) is 0 Å². The monoisotopic (exact) mass is 237 g/mol. The smallest absolute Gasteiger partial charge is 0.238 e. The van der Waals surface area contributed by atoms with Gasteiger partial charge in [0, 0.05) is 16.7 Å². The molecule has 0 aromatic carbocycles. The lowest BCUT2D eigenvalue weighted by Crippen LogP contribution is -2.05. The van der Waals surface area contributed by atoms with Crippen LogP contribution in [0, 0.1) is 6.92 Å². The summed E-state index contributed by atoms with van der Waals surface area (Å²) in [6.07, 6.45) is 0. The van der Waals surface area contributed by atoms with Gasteiger partial charge in [0.05, 0.1) is 5.69 Å². The lowest BCUT2D eigenvalue weighted by Gasteiger charge is -2.06. The molecule has 0 amide bonds. The quantitative estimate of drug-likeness (QED) is 0.742. The van der Waals surface area contributed by atoms with Crippen LogP contribution >= 0.6 is 10.7 Å². The van der Waals surface area contributed by atoms with Gasteiger partial charge in [-0.1, -0.05) is 5.21 Å². The van der Waals surface area contributed by atoms with Gasteiger partial charge < -0.3 is 0 Å². The summed E-state index contributed by atoms with van der Waals surface area (Å²) in [5, 5.41) is 7.61. The summed E-state index contributed by atoms with van der Waals surface area (Å²) in [7, 11) is 1.57. The van der Waals surface area contributed by atoms with Gasteiger partial charge in [-0.25, -0.2) is 13.1 Å². The molecule has 0 aliphatic carbocycles. The van der Waals surface area contributed by atoms with E-state index in [-0.39, 0.29) is 11.8 Å². The lowest BCUT2D eigenvalue weighted by atomic mass is 10.3. The Kier molecular flexibility index (Phi) is 3.16. The normalized spacial score (nSPS) is 12.4. The largest absolute Gasteiger partial charge is 0.247 e. The number of halogens is 1. The van der Waals surface area contributed by atoms with Crippen LogP contribution in [0.3, 0.4) is 0 Å². The highest BCUT2D eigenvalue weighted by Gasteiger charge is 2.16. The lowest BCUT2D eigenvalue weighted by molar-refractivity contribution is 0.502. The van der Waals surface area contributed by atoms with Gasteiger partial charge in [-0.15, -0.1) is 5.10 Å². The number of hydrogen-bond donors (Lipinski definition) is 0. The van der Waals surface area contributed by atoms with Gasteiger partial charge in [0.25, 0.3) is 0 Å². The van der Waals surface area contributed by atoms with E-state index >= 15 is 0 Å². The minimum Gasteiger partial charge on any atom is -0.247 e. The molecule has 0 fully saturated rings. The maximum Gasteiger partial charge on any atom is 0.238 e. The minimum atomic E-state index is -3.56. The molecule has 1 aromatic rings. The maximum absolute atomic E-state index is 10.8. The van der Waals surface area contributed by atoms with Crippen LogP contribution in [-0.2, 0) is 14.8 Å². The molecule has 0 saturated heterocycles. The van der Waals surface area contributed by atoms with Crippen LogP contribution in [0.4, 0.5) is 0 Å². The fraction of sp³-hybridized carbons (Fsp3) is 0.714. The minimum absolute atomic E-state index is 0.161. The summed E-state index contributed by atoms with van der Waals surface area (Å²) in [6.45, 7) is 5.67. The zero-order valence-corrected chi connectivity index (χ0v) is 9.80. The van der Waals surface area contributed by atoms with Crippen LogP contribution < -0.4 is 0 Å². The van der Waals surface area contributed by atoms with Crippen LogP contribution in [0.1, 0.15) is 31.3 Å². The van der Waals surface area contributed by atoms with E-state index in [4.69, 9.17) is 10.7 Å². The summed E-state index contributed by atoms with van der Waals surface area (Å²) in [6, 6.07) is 0.161. The van der Waals surface area contributed by atoms with Gasteiger partial charge in [-0.3, -0.25) is 0 Å². The van der Waals surface area contributed by atoms with Gasteiger partial charge in [0.15, 0.2) is 0 Å². The molecular formula is C7H12ClN3O2S. The van der Waals surface area contributed by atoms with Crippen molar-refractivity contribution in [3.63, 3.8) is 0 Å². The summed E-state index contributed by atoms with van der Waals surface area (Å²) in [5.41, 5.74) is 1.15. The predicted molar refractivity (Wildman–Crippen MR) is 53.6 cm³/mol. The summed E-state index contributed by atoms with van der Waals surface area (Å²) in [4.78, 5) is 0. The molecule has 0 bridgehead atoms. The molecule has 80 valence electrons. The van der Waals surface area contributed by atoms with Crippen molar-refractivity contribution in [3.05, 3.63) is 11.4 Å². The van der Waals surface area contributed by atoms with Crippen molar-refractivity contribution >= 4 is 19.7 Å². The van der Waals surface area contributed by atoms with Crippen LogP contribution in [0.2, 0.25) is 0 Å². The fourth-order valence-corrected chi connectivity index (χ4v) is 2.06. The number of nitrogens with zero attached hydrogens (tertiary/aromatic N) is 3. The highest BCUT2D eigenvalue weighted by atomic mass is 35.7. The second kappa shape index (κ2) is 3.86. The van der Waals surface area contributed by atoms with Crippen LogP contribution in [0.5, 0.6) is 0 Å². The van der Waals surface area contributed by atoms with Crippen molar-refractivity contribution in [2.45, 2.75) is 32.6 Å². The Morgan fingerprint density at radius 1 is 1.50 bits per heavy atom. The van der Waals surface area contributed by atoms with Gasteiger partial charge in [0.2, 0.25) is 9.05 Å². The average molecular weight is 238 g/mol. The Morgan fingerprint density at radius 2 is 2.07 bits per heavy atom. The van der Waals surface area contributed by atoms with Crippen molar-refractivity contribution in [2.75, 3.05) is 0 Å². The van der Waals surface area contributed by atoms with Crippen LogP contribution in [0.15, 0.2) is 0 Å². The molecule has 1 heterocycles. The first kappa shape index (κ1) is 11.5. The zero-order valence-electron chi connectivity index (χ0n) is 8.23. The van der Waals surface area contributed by atoms with E-state index in [0.29, 0.717) is 5.69 Å². The van der Waals surface area contributed by atoms with Crippen molar-refractivity contribution in [2.24, 2.45) is 0 Å². The molecule has 7 heteroatoms. The molecule has 0 N–H and O–H groups in total. The first-order chi connectivity index (χ1) is 6.31. The summed E-state index contributed by atoms with van der Waals surface area (Å²) >= 11 is 0. The fourth-order valence-electron chi connectivity index (χ4n) is 1.16. The Bertz CT molecular complexity index is 424. The van der Waals surface area contributed by atoms with E-state index in [9.17, 15) is 8.42 Å². The first-order valence-electron chi connectivity index (χ1n) is 4.14. The van der Waals surface area contributed by atoms with Crippen LogP contribution in [-0.4, -0.2) is 23.4 Å². The standard InChI is InChI=1S/C7H12ClN3O2S/c1-5(2)11-6(3)7(9-10-11)4-14(8,12)13/h5H,4H2,1-3H3. The van der Waals surface area contributed by atoms with E-state index in [1.54, 1.807) is 11.6 Å². The van der Waals surface area contributed by atoms with Gasteiger partial charge >= 0.3 is 0 Å². The third-order valence-electron chi connectivity index (χ3n) is 1.82. The Labute approximate surface area is 87.5 Å². The topological polar surface area (TPSA) is 64.8 Å². The number of rotatable bonds is 3. The molecule has 14 heavy (non-hydrogen) atoms. The second-order valence-electron chi connectivity index (χ2n) is 3.34. The molecule has 0 atom stereocenters. The summed E-state index contributed by atoms with van der Waals surface area (Å²) < 4.78 is 23.3. The molecule has 1 aromatic heterocycles. The van der Waals surface area contributed by atoms with Crippen molar-refractivity contribution in [1.29, 1.82) is 0 Å². The first-order valence-corrected chi connectivity index (χ1v) is 6.62. The molecule has 0 aliphatic rings. The maximum atomic E-state index is 10.8. The molecule has 0 radical (unpaired) electrons. The molecule has 0 unspecified atom stereocenters. The second-order valence-corrected chi connectivity index (χ2v) is 6.12. The van der Waals surface area contributed by atoms with E-state index in [1.807, 2.05) is 13.8 Å². The van der Waals surface area contributed by atoms with Gasteiger partial charge in [-0.2, -0.15) is 0 Å². The predicted octanol–water partition coefficient (Wildman–Crippen LogP) is 1.24. The SMILES string of the molecule is Cc1c(CS(=O)(=O)Cl)nnn1C(C)C. The Hall–Kier alpha value is -0.620. The third-order valence-corrected chi connectivity index (χ3v) is 2.77. The van der Waals surface area contributed by atoms with Crippen molar-refractivity contribution in [3.8, 4) is 0 Å². The number of hydrogen-bond acceptors (Lipinski definition) is 4.